The van der Waals surface area contributed by atoms with E-state index in [9.17, 15) is 0 Å². The van der Waals surface area contributed by atoms with Crippen molar-refractivity contribution < 1.29 is 0 Å². The molecule has 6 aliphatic carbocycles. The lowest BCUT2D eigenvalue weighted by Gasteiger charge is -2.61. The minimum absolute atomic E-state index is 0.0764. The van der Waals surface area contributed by atoms with Gasteiger partial charge in [-0.1, -0.05) is 135 Å². The Hall–Kier alpha value is -5.66. The Morgan fingerprint density at radius 2 is 1.05 bits per heavy atom. The van der Waals surface area contributed by atoms with E-state index in [4.69, 9.17) is 0 Å². The smallest absolute Gasteiger partial charge is 0.0547 e. The molecule has 0 atom stereocenters. The van der Waals surface area contributed by atoms with Crippen molar-refractivity contribution in [1.29, 1.82) is 0 Å². The fraction of sp³-hybridized carbons (Fsp3) is 0.236. The Balaban J connectivity index is 0.921. The average Bonchev–Trinajstić information content (AvgIpc) is 3.81. The zero-order valence-electron chi connectivity index (χ0n) is 32.2. The van der Waals surface area contributed by atoms with Crippen molar-refractivity contribution in [3.05, 3.63) is 174 Å². The second-order valence-electron chi connectivity index (χ2n) is 18.5. The van der Waals surface area contributed by atoms with E-state index < -0.39 is 0 Å². The van der Waals surface area contributed by atoms with E-state index in [1.807, 2.05) is 0 Å². The maximum absolute atomic E-state index is 2.61. The molecule has 7 aromatic carbocycles. The number of rotatable bonds is 3. The van der Waals surface area contributed by atoms with E-state index in [1.165, 1.54) is 110 Å². The molecule has 0 saturated heterocycles. The van der Waals surface area contributed by atoms with Gasteiger partial charge in [-0.3, -0.25) is 0 Å². The Morgan fingerprint density at radius 3 is 1.86 bits per heavy atom. The number of hydrogen-bond acceptors (Lipinski definition) is 0. The standard InChI is InChI=1S/C55H45N/c1-54(2)46-25-26-47-53(42-13-6-8-16-45(42)55(47)38-28-33-27-34(30-38)31-39(55)29-33)52(46)43-24-23-37(32-48(43)54)35-19-21-36(22-20-35)41-15-10-18-50-51(41)44-14-7-9-17-49(44)56(50)40-11-4-3-5-12-40/h3-26,32-34,38-39H,27-31H2,1-2H3. The quantitative estimate of drug-likeness (QED) is 0.171. The molecule has 14 rings (SSSR count). The minimum atomic E-state index is -0.0764. The maximum Gasteiger partial charge on any atom is 0.0547 e. The van der Waals surface area contributed by atoms with Gasteiger partial charge in [-0.2, -0.15) is 0 Å². The molecule has 0 N–H and O–H groups in total. The third kappa shape index (κ3) is 3.92. The molecule has 0 aliphatic heterocycles. The van der Waals surface area contributed by atoms with Gasteiger partial charge in [0, 0.05) is 27.3 Å². The summed E-state index contributed by atoms with van der Waals surface area (Å²) in [5, 5.41) is 2.59. The molecular weight excluding hydrogens is 675 g/mol. The Morgan fingerprint density at radius 1 is 0.446 bits per heavy atom. The fourth-order valence-electron chi connectivity index (χ4n) is 13.6. The number of fused-ring (bicyclic) bond motifs is 10. The summed E-state index contributed by atoms with van der Waals surface area (Å²) in [6, 6.07) is 57.9. The van der Waals surface area contributed by atoms with Gasteiger partial charge in [0.05, 0.1) is 11.0 Å². The molecule has 270 valence electrons. The van der Waals surface area contributed by atoms with E-state index in [0.717, 1.165) is 23.7 Å². The van der Waals surface area contributed by atoms with Crippen molar-refractivity contribution in [2.24, 2.45) is 23.7 Å². The molecule has 1 aromatic heterocycles. The summed E-state index contributed by atoms with van der Waals surface area (Å²) < 4.78 is 2.41. The van der Waals surface area contributed by atoms with Gasteiger partial charge in [0.25, 0.3) is 0 Å². The number of benzene rings is 7. The minimum Gasteiger partial charge on any atom is -0.309 e. The third-order valence-corrected chi connectivity index (χ3v) is 15.6. The first-order chi connectivity index (χ1) is 27.5. The first-order valence-corrected chi connectivity index (χ1v) is 21.1. The molecule has 0 radical (unpaired) electrons. The predicted molar refractivity (Wildman–Crippen MR) is 232 cm³/mol. The van der Waals surface area contributed by atoms with Gasteiger partial charge in [0.15, 0.2) is 0 Å². The summed E-state index contributed by atoms with van der Waals surface area (Å²) >= 11 is 0. The van der Waals surface area contributed by atoms with Crippen LogP contribution >= 0.6 is 0 Å². The summed E-state index contributed by atoms with van der Waals surface area (Å²) in [4.78, 5) is 0. The van der Waals surface area contributed by atoms with Crippen LogP contribution in [0.1, 0.15) is 68.2 Å². The van der Waals surface area contributed by atoms with Crippen LogP contribution in [0.5, 0.6) is 0 Å². The van der Waals surface area contributed by atoms with Crippen LogP contribution in [0, 0.1) is 23.7 Å². The molecule has 1 spiro atoms. The van der Waals surface area contributed by atoms with Gasteiger partial charge >= 0.3 is 0 Å². The summed E-state index contributed by atoms with van der Waals surface area (Å²) in [5.74, 6) is 3.48. The molecule has 56 heavy (non-hydrogen) atoms. The van der Waals surface area contributed by atoms with Crippen LogP contribution < -0.4 is 0 Å². The van der Waals surface area contributed by atoms with E-state index >= 15 is 0 Å². The van der Waals surface area contributed by atoms with Gasteiger partial charge < -0.3 is 4.57 Å². The van der Waals surface area contributed by atoms with Gasteiger partial charge in [0.1, 0.15) is 0 Å². The highest BCUT2D eigenvalue weighted by atomic mass is 15.0. The van der Waals surface area contributed by atoms with E-state index in [1.54, 1.807) is 16.7 Å². The number of hydrogen-bond donors (Lipinski definition) is 0. The van der Waals surface area contributed by atoms with Crippen molar-refractivity contribution in [1.82, 2.24) is 4.57 Å². The lowest BCUT2D eigenvalue weighted by molar-refractivity contribution is -0.0399. The molecule has 4 saturated carbocycles. The molecule has 0 amide bonds. The molecular formula is C55H45N. The van der Waals surface area contributed by atoms with Crippen molar-refractivity contribution in [3.63, 3.8) is 0 Å². The average molecular weight is 720 g/mol. The van der Waals surface area contributed by atoms with Crippen molar-refractivity contribution in [2.45, 2.75) is 56.8 Å². The Kier molecular flexibility index (Phi) is 6.20. The summed E-state index contributed by atoms with van der Waals surface area (Å²) in [7, 11) is 0. The molecule has 6 aliphatic rings. The number of aromatic nitrogens is 1. The lowest BCUT2D eigenvalue weighted by Crippen LogP contribution is -2.55. The SMILES string of the molecule is CC1(C)c2cc(-c3ccc(-c4cccc5c4c4ccccc4n5-c4ccccc4)cc3)ccc2-c2c1ccc1c2-c2ccccc2C12C1CC3CC(C1)CC2C3. The largest absolute Gasteiger partial charge is 0.309 e. The highest BCUT2D eigenvalue weighted by molar-refractivity contribution is 6.15. The first kappa shape index (κ1) is 31.5. The van der Waals surface area contributed by atoms with Gasteiger partial charge in [-0.05, 0) is 153 Å². The maximum atomic E-state index is 2.61. The van der Waals surface area contributed by atoms with Crippen LogP contribution in [0.3, 0.4) is 0 Å². The number of nitrogens with zero attached hydrogens (tertiary/aromatic N) is 1. The summed E-state index contributed by atoms with van der Waals surface area (Å²) in [5.41, 5.74) is 21.2. The van der Waals surface area contributed by atoms with Crippen LogP contribution in [0.4, 0.5) is 0 Å². The topological polar surface area (TPSA) is 4.93 Å². The van der Waals surface area contributed by atoms with E-state index in [2.05, 4.69) is 170 Å². The van der Waals surface area contributed by atoms with Crippen LogP contribution in [0.2, 0.25) is 0 Å². The third-order valence-electron chi connectivity index (χ3n) is 15.6. The highest BCUT2D eigenvalue weighted by Gasteiger charge is 2.62. The van der Waals surface area contributed by atoms with Gasteiger partial charge in [-0.15, -0.1) is 0 Å². The second-order valence-corrected chi connectivity index (χ2v) is 18.5. The normalized spacial score (nSPS) is 24.5. The lowest BCUT2D eigenvalue weighted by atomic mass is 9.43. The molecule has 8 aromatic rings. The summed E-state index contributed by atoms with van der Waals surface area (Å²) in [6.07, 6.45) is 7.19. The van der Waals surface area contributed by atoms with Gasteiger partial charge in [0.2, 0.25) is 0 Å². The second kappa shape index (κ2) is 11.0. The van der Waals surface area contributed by atoms with E-state index in [0.29, 0.717) is 0 Å². The predicted octanol–water partition coefficient (Wildman–Crippen LogP) is 14.1. The number of para-hydroxylation sites is 2. The Bertz CT molecular complexity index is 2910. The zero-order valence-corrected chi connectivity index (χ0v) is 32.2. The molecule has 4 fully saturated rings. The zero-order chi connectivity index (χ0) is 36.9. The highest BCUT2D eigenvalue weighted by Crippen LogP contribution is 2.71. The molecule has 1 heterocycles. The van der Waals surface area contributed by atoms with Crippen molar-refractivity contribution in [2.75, 3.05) is 0 Å². The monoisotopic (exact) mass is 719 g/mol. The van der Waals surface area contributed by atoms with E-state index in [-0.39, 0.29) is 10.8 Å². The molecule has 1 heteroatoms. The molecule has 0 unspecified atom stereocenters. The van der Waals surface area contributed by atoms with Crippen molar-refractivity contribution in [3.8, 4) is 50.2 Å². The van der Waals surface area contributed by atoms with Gasteiger partial charge in [-0.25, -0.2) is 0 Å². The molecule has 4 bridgehead atoms. The van der Waals surface area contributed by atoms with Crippen molar-refractivity contribution >= 4 is 21.8 Å². The fourth-order valence-corrected chi connectivity index (χ4v) is 13.6. The van der Waals surface area contributed by atoms with Crippen LogP contribution in [-0.2, 0) is 10.8 Å². The van der Waals surface area contributed by atoms with Crippen LogP contribution in [0.25, 0.3) is 72.0 Å². The van der Waals surface area contributed by atoms with Crippen LogP contribution in [-0.4, -0.2) is 4.57 Å². The first-order valence-electron chi connectivity index (χ1n) is 21.1. The Labute approximate surface area is 329 Å². The summed E-state index contributed by atoms with van der Waals surface area (Å²) in [6.45, 7) is 4.92. The molecule has 1 nitrogen and oxygen atoms in total. The van der Waals surface area contributed by atoms with Crippen LogP contribution in [0.15, 0.2) is 152 Å².